The maximum Gasteiger partial charge on any atom is 0.255 e. The number of hydrogen-bond acceptors (Lipinski definition) is 6. The summed E-state index contributed by atoms with van der Waals surface area (Å²) in [5.41, 5.74) is 3.21. The number of hydrogen-bond donors (Lipinski definition) is 1. The number of carbonyl (C=O) groups is 1. The van der Waals surface area contributed by atoms with Gasteiger partial charge in [0.1, 0.15) is 6.10 Å². The van der Waals surface area contributed by atoms with Crippen LogP contribution in [-0.2, 0) is 16.1 Å². The number of carbonyl (C=O) groups excluding carboxylic acids is 1. The molecule has 0 aliphatic carbocycles. The van der Waals surface area contributed by atoms with Crippen molar-refractivity contribution in [3.8, 4) is 0 Å². The van der Waals surface area contributed by atoms with E-state index in [1.165, 1.54) is 17.0 Å². The number of nitrogens with one attached hydrogen (secondary N) is 1. The average Bonchev–Trinajstić information content (AvgIpc) is 3.42. The van der Waals surface area contributed by atoms with E-state index in [4.69, 9.17) is 4.74 Å². The van der Waals surface area contributed by atoms with E-state index in [0.717, 1.165) is 30.6 Å². The highest BCUT2D eigenvalue weighted by Crippen LogP contribution is 2.37. The van der Waals surface area contributed by atoms with E-state index < -0.39 is 6.10 Å². The Balaban J connectivity index is 1.35. The lowest BCUT2D eigenvalue weighted by Gasteiger charge is -2.25. The number of benzene rings is 1. The van der Waals surface area contributed by atoms with Crippen LogP contribution in [0.2, 0.25) is 0 Å². The Hall–Kier alpha value is -2.77. The molecule has 1 fully saturated rings. The Morgan fingerprint density at radius 2 is 2.07 bits per heavy atom. The predicted octanol–water partition coefficient (Wildman–Crippen LogP) is 4.42. The molecule has 0 unspecified atom stereocenters. The summed E-state index contributed by atoms with van der Waals surface area (Å²) >= 11 is 1.46. The highest BCUT2D eigenvalue weighted by Gasteiger charge is 2.28. The van der Waals surface area contributed by atoms with Crippen LogP contribution >= 0.6 is 11.3 Å². The van der Waals surface area contributed by atoms with Crippen molar-refractivity contribution in [3.05, 3.63) is 71.5 Å². The van der Waals surface area contributed by atoms with E-state index in [0.29, 0.717) is 11.7 Å². The van der Waals surface area contributed by atoms with Crippen molar-refractivity contribution in [3.63, 3.8) is 0 Å². The Bertz CT molecular complexity index is 932. The van der Waals surface area contributed by atoms with Gasteiger partial charge in [-0.3, -0.25) is 15.1 Å². The standard InChI is InChI=1S/C22H24N4O2S/c1-16(28-14-17-9-11-23-12-10-17)21(27)25-22-24-19(15-29-22)20-8-5-13-26(20)18-6-3-2-4-7-18/h2-4,6-7,9-12,15-16,20H,5,8,13-14H2,1H3,(H,24,25,27)/t16-,20-/m1/s1. The molecule has 1 amide bonds. The van der Waals surface area contributed by atoms with E-state index >= 15 is 0 Å². The first-order chi connectivity index (χ1) is 14.2. The summed E-state index contributed by atoms with van der Waals surface area (Å²) in [6, 6.07) is 14.4. The van der Waals surface area contributed by atoms with Gasteiger partial charge in [0.15, 0.2) is 5.13 Å². The second-order valence-electron chi connectivity index (χ2n) is 7.06. The van der Waals surface area contributed by atoms with Gasteiger partial charge >= 0.3 is 0 Å². The van der Waals surface area contributed by atoms with E-state index in [9.17, 15) is 4.79 Å². The molecule has 2 aromatic heterocycles. The van der Waals surface area contributed by atoms with Crippen molar-refractivity contribution in [2.45, 2.75) is 38.5 Å². The van der Waals surface area contributed by atoms with E-state index in [1.807, 2.05) is 23.6 Å². The monoisotopic (exact) mass is 408 g/mol. The van der Waals surface area contributed by atoms with Crippen LogP contribution in [0.15, 0.2) is 60.2 Å². The van der Waals surface area contributed by atoms with Crippen molar-refractivity contribution in [2.75, 3.05) is 16.8 Å². The van der Waals surface area contributed by atoms with Crippen molar-refractivity contribution in [1.82, 2.24) is 9.97 Å². The zero-order valence-corrected chi connectivity index (χ0v) is 17.1. The molecule has 1 aliphatic rings. The highest BCUT2D eigenvalue weighted by atomic mass is 32.1. The summed E-state index contributed by atoms with van der Waals surface area (Å²) in [6.07, 6.45) is 5.06. The van der Waals surface area contributed by atoms with Gasteiger partial charge in [0.25, 0.3) is 5.91 Å². The number of rotatable bonds is 7. The average molecular weight is 409 g/mol. The molecule has 4 rings (SSSR count). The van der Waals surface area contributed by atoms with Crippen molar-refractivity contribution < 1.29 is 9.53 Å². The number of thiazole rings is 1. The van der Waals surface area contributed by atoms with Gasteiger partial charge in [-0.2, -0.15) is 0 Å². The van der Waals surface area contributed by atoms with Crippen LogP contribution in [0.1, 0.15) is 37.1 Å². The Morgan fingerprint density at radius 3 is 2.86 bits per heavy atom. The predicted molar refractivity (Wildman–Crippen MR) is 115 cm³/mol. The van der Waals surface area contributed by atoms with Gasteiger partial charge in [-0.25, -0.2) is 4.98 Å². The Morgan fingerprint density at radius 1 is 1.28 bits per heavy atom. The van der Waals surface area contributed by atoms with Gasteiger partial charge in [-0.05, 0) is 49.6 Å². The fraction of sp³-hybridized carbons (Fsp3) is 0.318. The fourth-order valence-electron chi connectivity index (χ4n) is 3.48. The second-order valence-corrected chi connectivity index (χ2v) is 7.92. The van der Waals surface area contributed by atoms with Gasteiger partial charge < -0.3 is 9.64 Å². The molecule has 7 heteroatoms. The summed E-state index contributed by atoms with van der Waals surface area (Å²) in [5, 5.41) is 5.55. The first-order valence-corrected chi connectivity index (χ1v) is 10.7. The molecule has 1 saturated heterocycles. The van der Waals surface area contributed by atoms with Crippen LogP contribution in [0.3, 0.4) is 0 Å². The molecule has 1 aromatic carbocycles. The topological polar surface area (TPSA) is 67.3 Å². The number of ether oxygens (including phenoxy) is 1. The number of nitrogens with zero attached hydrogens (tertiary/aromatic N) is 3. The minimum Gasteiger partial charge on any atom is -0.364 e. The van der Waals surface area contributed by atoms with Crippen molar-refractivity contribution in [1.29, 1.82) is 0 Å². The quantitative estimate of drug-likeness (QED) is 0.627. The fourth-order valence-corrected chi connectivity index (χ4v) is 4.24. The first-order valence-electron chi connectivity index (χ1n) is 9.79. The molecule has 1 aliphatic heterocycles. The maximum absolute atomic E-state index is 12.5. The molecule has 150 valence electrons. The number of para-hydroxylation sites is 1. The minimum atomic E-state index is -0.567. The third kappa shape index (κ3) is 4.81. The molecular formula is C22H24N4O2S. The molecule has 3 aromatic rings. The lowest BCUT2D eigenvalue weighted by Crippen LogP contribution is -2.27. The SMILES string of the molecule is C[C@@H](OCc1ccncc1)C(=O)Nc1nc([C@H]2CCCN2c2ccccc2)cs1. The van der Waals surface area contributed by atoms with Crippen molar-refractivity contribution in [2.24, 2.45) is 0 Å². The second kappa shape index (κ2) is 9.15. The number of anilines is 2. The van der Waals surface area contributed by atoms with Crippen LogP contribution in [0.5, 0.6) is 0 Å². The molecule has 0 bridgehead atoms. The summed E-state index contributed by atoms with van der Waals surface area (Å²) in [4.78, 5) is 23.5. The minimum absolute atomic E-state index is 0.189. The maximum atomic E-state index is 12.5. The molecule has 0 spiro atoms. The molecule has 2 atom stereocenters. The third-order valence-corrected chi connectivity index (χ3v) is 5.83. The smallest absolute Gasteiger partial charge is 0.255 e. The normalized spacial score (nSPS) is 17.3. The van der Waals surface area contributed by atoms with E-state index in [-0.39, 0.29) is 11.9 Å². The molecule has 1 N–H and O–H groups in total. The lowest BCUT2D eigenvalue weighted by atomic mass is 10.1. The molecule has 6 nitrogen and oxygen atoms in total. The van der Waals surface area contributed by atoms with E-state index in [2.05, 4.69) is 44.5 Å². The molecule has 3 heterocycles. The first kappa shape index (κ1) is 19.5. The summed E-state index contributed by atoms with van der Waals surface area (Å²) in [5.74, 6) is -0.189. The van der Waals surface area contributed by atoms with Crippen LogP contribution in [-0.4, -0.2) is 28.5 Å². The number of amides is 1. The van der Waals surface area contributed by atoms with Crippen LogP contribution < -0.4 is 10.2 Å². The van der Waals surface area contributed by atoms with Crippen LogP contribution in [0.4, 0.5) is 10.8 Å². The van der Waals surface area contributed by atoms with Gasteiger partial charge in [0.2, 0.25) is 0 Å². The van der Waals surface area contributed by atoms with Crippen LogP contribution in [0, 0.1) is 0 Å². The molecular weight excluding hydrogens is 384 g/mol. The number of aromatic nitrogens is 2. The van der Waals surface area contributed by atoms with Crippen molar-refractivity contribution >= 4 is 28.1 Å². The summed E-state index contributed by atoms with van der Waals surface area (Å²) in [7, 11) is 0. The van der Waals surface area contributed by atoms with Crippen LogP contribution in [0.25, 0.3) is 0 Å². The zero-order valence-electron chi connectivity index (χ0n) is 16.3. The largest absolute Gasteiger partial charge is 0.364 e. The van der Waals surface area contributed by atoms with Gasteiger partial charge in [0, 0.05) is 30.0 Å². The van der Waals surface area contributed by atoms with Gasteiger partial charge in [-0.1, -0.05) is 18.2 Å². The number of pyridine rings is 1. The third-order valence-electron chi connectivity index (χ3n) is 5.05. The lowest BCUT2D eigenvalue weighted by molar-refractivity contribution is -0.127. The summed E-state index contributed by atoms with van der Waals surface area (Å²) in [6.45, 7) is 3.14. The Kier molecular flexibility index (Phi) is 6.17. The summed E-state index contributed by atoms with van der Waals surface area (Å²) < 4.78 is 5.67. The Labute approximate surface area is 174 Å². The highest BCUT2D eigenvalue weighted by molar-refractivity contribution is 7.13. The van der Waals surface area contributed by atoms with E-state index in [1.54, 1.807) is 19.3 Å². The van der Waals surface area contributed by atoms with Gasteiger partial charge in [-0.15, -0.1) is 11.3 Å². The zero-order chi connectivity index (χ0) is 20.1. The van der Waals surface area contributed by atoms with Gasteiger partial charge in [0.05, 0.1) is 18.3 Å². The molecule has 29 heavy (non-hydrogen) atoms. The molecule has 0 radical (unpaired) electrons. The molecule has 0 saturated carbocycles.